The van der Waals surface area contributed by atoms with Crippen molar-refractivity contribution in [2.24, 2.45) is 11.1 Å². The summed E-state index contributed by atoms with van der Waals surface area (Å²) in [5.41, 5.74) is 6.59. The van der Waals surface area contributed by atoms with Gasteiger partial charge in [-0.3, -0.25) is 4.98 Å². The van der Waals surface area contributed by atoms with E-state index >= 15 is 0 Å². The first-order chi connectivity index (χ1) is 6.05. The summed E-state index contributed by atoms with van der Waals surface area (Å²) in [7, 11) is 0. The Kier molecular flexibility index (Phi) is 1.67. The van der Waals surface area contributed by atoms with E-state index in [0.717, 1.165) is 0 Å². The van der Waals surface area contributed by atoms with Gasteiger partial charge in [0, 0.05) is 18.2 Å². The Morgan fingerprint density at radius 3 is 2.62 bits per heavy atom. The molecule has 1 aromatic rings. The van der Waals surface area contributed by atoms with Gasteiger partial charge in [-0.25, -0.2) is 4.39 Å². The number of aromatic nitrogens is 1. The molecule has 0 saturated heterocycles. The molecule has 2 rings (SSSR count). The number of nitrogens with two attached hydrogens (primary N) is 1. The van der Waals surface area contributed by atoms with Crippen molar-refractivity contribution in [1.29, 1.82) is 0 Å². The lowest BCUT2D eigenvalue weighted by Gasteiger charge is -2.02. The van der Waals surface area contributed by atoms with Crippen LogP contribution in [0.3, 0.4) is 0 Å². The van der Waals surface area contributed by atoms with E-state index in [1.54, 1.807) is 12.3 Å². The molecule has 2 N–H and O–H groups in total. The van der Waals surface area contributed by atoms with Crippen molar-refractivity contribution in [2.45, 2.75) is 25.8 Å². The van der Waals surface area contributed by atoms with E-state index in [-0.39, 0.29) is 23.2 Å². The minimum atomic E-state index is -0.242. The summed E-state index contributed by atoms with van der Waals surface area (Å²) >= 11 is 0. The molecule has 2 unspecified atom stereocenters. The number of pyridine rings is 1. The highest BCUT2D eigenvalue weighted by Gasteiger charge is 2.56. The molecule has 0 spiro atoms. The van der Waals surface area contributed by atoms with Crippen LogP contribution in [0.2, 0.25) is 0 Å². The lowest BCUT2D eigenvalue weighted by Crippen LogP contribution is -2.06. The molecule has 1 aliphatic rings. The lowest BCUT2D eigenvalue weighted by atomic mass is 10.0. The predicted molar refractivity (Wildman–Crippen MR) is 48.7 cm³/mol. The highest BCUT2D eigenvalue weighted by molar-refractivity contribution is 5.33. The summed E-state index contributed by atoms with van der Waals surface area (Å²) in [6, 6.07) is 1.79. The average molecular weight is 180 g/mol. The van der Waals surface area contributed by atoms with E-state index in [4.69, 9.17) is 5.73 Å². The molecule has 1 heterocycles. The van der Waals surface area contributed by atoms with Gasteiger partial charge in [-0.15, -0.1) is 0 Å². The molecule has 1 aromatic heterocycles. The summed E-state index contributed by atoms with van der Waals surface area (Å²) < 4.78 is 13.3. The van der Waals surface area contributed by atoms with E-state index in [9.17, 15) is 4.39 Å². The topological polar surface area (TPSA) is 38.9 Å². The maximum atomic E-state index is 13.3. The molecule has 70 valence electrons. The zero-order valence-electron chi connectivity index (χ0n) is 7.79. The van der Waals surface area contributed by atoms with Crippen LogP contribution in [0.15, 0.2) is 18.5 Å². The van der Waals surface area contributed by atoms with Crippen molar-refractivity contribution in [3.63, 3.8) is 0 Å². The minimum absolute atomic E-state index is 0.0300. The Balaban J connectivity index is 2.34. The molecule has 2 atom stereocenters. The molecule has 0 aliphatic heterocycles. The fraction of sp³-hybridized carbons (Fsp3) is 0.500. The smallest absolute Gasteiger partial charge is 0.145 e. The van der Waals surface area contributed by atoms with Crippen LogP contribution in [0, 0.1) is 11.2 Å². The van der Waals surface area contributed by atoms with Crippen molar-refractivity contribution in [3.8, 4) is 0 Å². The van der Waals surface area contributed by atoms with Gasteiger partial charge in [0.1, 0.15) is 5.82 Å². The Hall–Kier alpha value is -0.960. The first kappa shape index (κ1) is 8.63. The third-order valence-corrected chi connectivity index (χ3v) is 3.05. The second-order valence-electron chi connectivity index (χ2n) is 4.22. The van der Waals surface area contributed by atoms with E-state index in [1.807, 2.05) is 0 Å². The van der Waals surface area contributed by atoms with E-state index in [2.05, 4.69) is 18.8 Å². The highest BCUT2D eigenvalue weighted by Crippen LogP contribution is 2.57. The molecule has 3 heteroatoms. The van der Waals surface area contributed by atoms with Gasteiger partial charge in [0.05, 0.1) is 6.20 Å². The third kappa shape index (κ3) is 1.15. The average Bonchev–Trinajstić information content (AvgIpc) is 2.54. The minimum Gasteiger partial charge on any atom is -0.327 e. The van der Waals surface area contributed by atoms with Crippen LogP contribution in [0.25, 0.3) is 0 Å². The number of hydrogen-bond acceptors (Lipinski definition) is 2. The summed E-state index contributed by atoms with van der Waals surface area (Å²) in [5.74, 6) is -0.0935. The number of halogens is 1. The van der Waals surface area contributed by atoms with Crippen LogP contribution in [0.1, 0.15) is 25.3 Å². The fourth-order valence-corrected chi connectivity index (χ4v) is 1.91. The van der Waals surface area contributed by atoms with Crippen molar-refractivity contribution >= 4 is 0 Å². The molecule has 13 heavy (non-hydrogen) atoms. The molecule has 0 radical (unpaired) electrons. The molecule has 2 nitrogen and oxygen atoms in total. The van der Waals surface area contributed by atoms with Crippen LogP contribution < -0.4 is 5.73 Å². The van der Waals surface area contributed by atoms with Gasteiger partial charge in [0.15, 0.2) is 0 Å². The number of hydrogen-bond donors (Lipinski definition) is 1. The van der Waals surface area contributed by atoms with Gasteiger partial charge in [0.2, 0.25) is 0 Å². The largest absolute Gasteiger partial charge is 0.327 e. The molecule has 0 aromatic carbocycles. The molecular formula is C10H13FN2. The lowest BCUT2D eigenvalue weighted by molar-refractivity contribution is 0.568. The van der Waals surface area contributed by atoms with Crippen LogP contribution in [0.5, 0.6) is 0 Å². The first-order valence-corrected chi connectivity index (χ1v) is 4.40. The molecular weight excluding hydrogens is 167 g/mol. The maximum absolute atomic E-state index is 13.3. The Labute approximate surface area is 77.0 Å². The summed E-state index contributed by atoms with van der Waals surface area (Å²) in [6.45, 7) is 4.12. The third-order valence-electron chi connectivity index (χ3n) is 3.05. The summed E-state index contributed by atoms with van der Waals surface area (Å²) in [5, 5.41) is 0. The fourth-order valence-electron chi connectivity index (χ4n) is 1.91. The van der Waals surface area contributed by atoms with Crippen LogP contribution >= 0.6 is 0 Å². The van der Waals surface area contributed by atoms with E-state index in [1.165, 1.54) is 6.20 Å². The zero-order valence-corrected chi connectivity index (χ0v) is 7.79. The molecule has 1 aliphatic carbocycles. The predicted octanol–water partition coefficient (Wildman–Crippen LogP) is 1.67. The summed E-state index contributed by atoms with van der Waals surface area (Å²) in [6.07, 6.45) is 2.86. The van der Waals surface area contributed by atoms with Crippen LogP contribution in [-0.4, -0.2) is 11.0 Å². The maximum Gasteiger partial charge on any atom is 0.145 e. The molecule has 0 amide bonds. The highest BCUT2D eigenvalue weighted by atomic mass is 19.1. The second kappa shape index (κ2) is 2.51. The van der Waals surface area contributed by atoms with Gasteiger partial charge in [-0.05, 0) is 17.0 Å². The Bertz CT molecular complexity index is 335. The van der Waals surface area contributed by atoms with Crippen LogP contribution in [0.4, 0.5) is 4.39 Å². The first-order valence-electron chi connectivity index (χ1n) is 4.40. The zero-order chi connectivity index (χ0) is 9.64. The number of nitrogens with zero attached hydrogens (tertiary/aromatic N) is 1. The Morgan fingerprint density at radius 2 is 2.15 bits per heavy atom. The van der Waals surface area contributed by atoms with Crippen molar-refractivity contribution in [1.82, 2.24) is 4.98 Å². The van der Waals surface area contributed by atoms with E-state index in [0.29, 0.717) is 5.56 Å². The van der Waals surface area contributed by atoms with Gasteiger partial charge in [-0.1, -0.05) is 13.8 Å². The Morgan fingerprint density at radius 1 is 1.54 bits per heavy atom. The van der Waals surface area contributed by atoms with Crippen molar-refractivity contribution < 1.29 is 4.39 Å². The molecule has 0 bridgehead atoms. The standard InChI is InChI=1S/C10H13FN2/c1-10(2)8(9(10)12)6-3-4-13-5-7(6)11/h3-5,8-9H,12H2,1-2H3. The van der Waals surface area contributed by atoms with Crippen molar-refractivity contribution in [3.05, 3.63) is 29.8 Å². The van der Waals surface area contributed by atoms with Gasteiger partial charge < -0.3 is 5.73 Å². The normalized spacial score (nSPS) is 30.2. The van der Waals surface area contributed by atoms with Crippen molar-refractivity contribution in [2.75, 3.05) is 0 Å². The quantitative estimate of drug-likeness (QED) is 0.714. The second-order valence-corrected chi connectivity index (χ2v) is 4.22. The van der Waals surface area contributed by atoms with Gasteiger partial charge >= 0.3 is 0 Å². The summed E-state index contributed by atoms with van der Waals surface area (Å²) in [4.78, 5) is 3.71. The molecule has 1 fully saturated rings. The SMILES string of the molecule is CC1(C)C(N)C1c1ccncc1F. The monoisotopic (exact) mass is 180 g/mol. The number of rotatable bonds is 1. The van der Waals surface area contributed by atoms with E-state index < -0.39 is 0 Å². The van der Waals surface area contributed by atoms with Gasteiger partial charge in [-0.2, -0.15) is 0 Å². The molecule has 1 saturated carbocycles. The van der Waals surface area contributed by atoms with Gasteiger partial charge in [0.25, 0.3) is 0 Å². The van der Waals surface area contributed by atoms with Crippen LogP contribution in [-0.2, 0) is 0 Å².